The van der Waals surface area contributed by atoms with Gasteiger partial charge < -0.3 is 9.72 Å². The number of H-pyrrole nitrogens is 1. The Kier molecular flexibility index (Phi) is 4.92. The van der Waals surface area contributed by atoms with E-state index in [4.69, 9.17) is 0 Å². The number of ether oxygens (including phenoxy) is 1. The normalized spacial score (nSPS) is 11.8. The van der Waals surface area contributed by atoms with Gasteiger partial charge in [0.25, 0.3) is 5.56 Å². The van der Waals surface area contributed by atoms with Gasteiger partial charge in [0.1, 0.15) is 12.4 Å². The molecule has 1 aromatic heterocycles. The van der Waals surface area contributed by atoms with E-state index < -0.39 is 12.8 Å². The first-order valence-corrected chi connectivity index (χ1v) is 5.77. The number of aryl methyl sites for hydroxylation is 1. The Balaban J connectivity index is 2.51. The number of aromatic amines is 1. The van der Waals surface area contributed by atoms with Crippen LogP contribution in [-0.4, -0.2) is 29.4 Å². The van der Waals surface area contributed by atoms with Gasteiger partial charge in [-0.15, -0.1) is 0 Å². The maximum atomic E-state index is 11.8. The van der Waals surface area contributed by atoms with Crippen LogP contribution in [0.3, 0.4) is 0 Å². The number of halogens is 4. The highest BCUT2D eigenvalue weighted by atomic mass is 127. The van der Waals surface area contributed by atoms with Crippen LogP contribution < -0.4 is 5.56 Å². The Morgan fingerprint density at radius 1 is 1.47 bits per heavy atom. The Morgan fingerprint density at radius 3 is 2.65 bits per heavy atom. The van der Waals surface area contributed by atoms with Gasteiger partial charge in [-0.2, -0.15) is 13.2 Å². The van der Waals surface area contributed by atoms with Crippen molar-refractivity contribution in [2.45, 2.75) is 19.5 Å². The van der Waals surface area contributed by atoms with E-state index in [1.54, 1.807) is 6.92 Å². The molecule has 1 heterocycles. The molecule has 0 amide bonds. The number of hydrogen-bond acceptors (Lipinski definition) is 3. The Labute approximate surface area is 109 Å². The fourth-order valence-electron chi connectivity index (χ4n) is 1.10. The number of nitrogens with one attached hydrogen (secondary N) is 1. The van der Waals surface area contributed by atoms with Crippen LogP contribution in [0.4, 0.5) is 13.2 Å². The zero-order valence-corrected chi connectivity index (χ0v) is 11.1. The number of hydrogen-bond donors (Lipinski definition) is 1. The van der Waals surface area contributed by atoms with Gasteiger partial charge in [0.2, 0.25) is 0 Å². The van der Waals surface area contributed by atoms with Crippen molar-refractivity contribution in [3.8, 4) is 0 Å². The molecule has 4 nitrogen and oxygen atoms in total. The monoisotopic (exact) mass is 362 g/mol. The van der Waals surface area contributed by atoms with Crippen molar-refractivity contribution >= 4 is 22.6 Å². The Hall–Kier alpha value is -0.640. The zero-order valence-electron chi connectivity index (χ0n) is 8.90. The zero-order chi connectivity index (χ0) is 13.1. The third-order valence-corrected chi connectivity index (χ3v) is 3.10. The van der Waals surface area contributed by atoms with Crippen molar-refractivity contribution < 1.29 is 17.9 Å². The first-order valence-electron chi connectivity index (χ1n) is 4.69. The van der Waals surface area contributed by atoms with E-state index in [0.29, 0.717) is 15.1 Å². The van der Waals surface area contributed by atoms with Gasteiger partial charge in [-0.1, -0.05) is 0 Å². The second-order valence-corrected chi connectivity index (χ2v) is 4.41. The lowest BCUT2D eigenvalue weighted by molar-refractivity contribution is -0.173. The molecule has 8 heteroatoms. The molecule has 0 aliphatic rings. The standard InChI is InChI=1S/C9H10F3IN2O2/c1-5-7(13)8(16)15-6(14-5)2-3-17-4-9(10,11)12/h2-4H2,1H3,(H,14,15,16). The topological polar surface area (TPSA) is 55.0 Å². The lowest BCUT2D eigenvalue weighted by Crippen LogP contribution is -2.20. The molecule has 0 aliphatic heterocycles. The van der Waals surface area contributed by atoms with Crippen LogP contribution in [-0.2, 0) is 11.2 Å². The summed E-state index contributed by atoms with van der Waals surface area (Å²) in [6.07, 6.45) is -4.19. The van der Waals surface area contributed by atoms with Crippen molar-refractivity contribution in [1.82, 2.24) is 9.97 Å². The first kappa shape index (κ1) is 14.4. The largest absolute Gasteiger partial charge is 0.411 e. The highest BCUT2D eigenvalue weighted by Crippen LogP contribution is 2.14. The summed E-state index contributed by atoms with van der Waals surface area (Å²) in [5, 5.41) is 0. The molecule has 1 rings (SSSR count). The number of alkyl halides is 3. The lowest BCUT2D eigenvalue weighted by atomic mass is 10.4. The Morgan fingerprint density at radius 2 is 2.12 bits per heavy atom. The summed E-state index contributed by atoms with van der Waals surface area (Å²) in [7, 11) is 0. The maximum absolute atomic E-state index is 11.8. The maximum Gasteiger partial charge on any atom is 0.411 e. The second kappa shape index (κ2) is 5.80. The number of nitrogens with zero attached hydrogens (tertiary/aromatic N) is 1. The van der Waals surface area contributed by atoms with Crippen LogP contribution in [0, 0.1) is 10.5 Å². The summed E-state index contributed by atoms with van der Waals surface area (Å²) >= 11 is 1.85. The molecule has 0 saturated heterocycles. The molecular formula is C9H10F3IN2O2. The molecule has 17 heavy (non-hydrogen) atoms. The van der Waals surface area contributed by atoms with Gasteiger partial charge in [0, 0.05) is 6.42 Å². The smallest absolute Gasteiger partial charge is 0.372 e. The van der Waals surface area contributed by atoms with Crippen molar-refractivity contribution in [2.75, 3.05) is 13.2 Å². The van der Waals surface area contributed by atoms with E-state index in [2.05, 4.69) is 14.7 Å². The predicted molar refractivity (Wildman–Crippen MR) is 62.9 cm³/mol. The highest BCUT2D eigenvalue weighted by molar-refractivity contribution is 14.1. The summed E-state index contributed by atoms with van der Waals surface area (Å²) in [4.78, 5) is 17.9. The molecular weight excluding hydrogens is 352 g/mol. The molecule has 1 aromatic rings. The Bertz CT molecular complexity index is 445. The van der Waals surface area contributed by atoms with E-state index in [9.17, 15) is 18.0 Å². The molecule has 0 spiro atoms. The van der Waals surface area contributed by atoms with Gasteiger partial charge in [-0.3, -0.25) is 4.79 Å². The van der Waals surface area contributed by atoms with Crippen molar-refractivity contribution in [2.24, 2.45) is 0 Å². The fourth-order valence-corrected chi connectivity index (χ4v) is 1.36. The molecule has 0 aliphatic carbocycles. The van der Waals surface area contributed by atoms with Crippen LogP contribution in [0.15, 0.2) is 4.79 Å². The van der Waals surface area contributed by atoms with Crippen LogP contribution in [0.5, 0.6) is 0 Å². The van der Waals surface area contributed by atoms with Crippen LogP contribution >= 0.6 is 22.6 Å². The van der Waals surface area contributed by atoms with Crippen LogP contribution in [0.25, 0.3) is 0 Å². The first-order chi connectivity index (χ1) is 7.79. The lowest BCUT2D eigenvalue weighted by Gasteiger charge is -2.07. The minimum atomic E-state index is -4.33. The average Bonchev–Trinajstić information content (AvgIpc) is 2.19. The van der Waals surface area contributed by atoms with Gasteiger partial charge in [0.15, 0.2) is 0 Å². The van der Waals surface area contributed by atoms with Crippen molar-refractivity contribution in [3.63, 3.8) is 0 Å². The summed E-state index contributed by atoms with van der Waals surface area (Å²) < 4.78 is 40.2. The molecule has 1 N–H and O–H groups in total. The number of rotatable bonds is 4. The molecule has 0 aromatic carbocycles. The van der Waals surface area contributed by atoms with Gasteiger partial charge in [0.05, 0.1) is 15.9 Å². The van der Waals surface area contributed by atoms with Gasteiger partial charge in [-0.05, 0) is 29.5 Å². The number of aromatic nitrogens is 2. The minimum absolute atomic E-state index is 0.136. The van der Waals surface area contributed by atoms with E-state index in [1.165, 1.54) is 0 Å². The molecule has 0 unspecified atom stereocenters. The van der Waals surface area contributed by atoms with Gasteiger partial charge in [-0.25, -0.2) is 4.98 Å². The predicted octanol–water partition coefficient (Wildman–Crippen LogP) is 1.80. The van der Waals surface area contributed by atoms with E-state index >= 15 is 0 Å². The molecule has 0 atom stereocenters. The SMILES string of the molecule is Cc1nc(CCOCC(F)(F)F)[nH]c(=O)c1I. The quantitative estimate of drug-likeness (QED) is 0.657. The van der Waals surface area contributed by atoms with E-state index in [-0.39, 0.29) is 18.6 Å². The van der Waals surface area contributed by atoms with E-state index in [1.807, 2.05) is 22.6 Å². The molecule has 0 bridgehead atoms. The highest BCUT2D eigenvalue weighted by Gasteiger charge is 2.27. The summed E-state index contributed by atoms with van der Waals surface area (Å²) in [6.45, 7) is 0.236. The second-order valence-electron chi connectivity index (χ2n) is 3.33. The minimum Gasteiger partial charge on any atom is -0.372 e. The molecule has 0 radical (unpaired) electrons. The average molecular weight is 362 g/mol. The summed E-state index contributed by atoms with van der Waals surface area (Å²) in [6, 6.07) is 0. The molecule has 96 valence electrons. The third kappa shape index (κ3) is 5.02. The van der Waals surface area contributed by atoms with Gasteiger partial charge >= 0.3 is 6.18 Å². The van der Waals surface area contributed by atoms with Crippen LogP contribution in [0.2, 0.25) is 0 Å². The summed E-state index contributed by atoms with van der Waals surface area (Å²) in [5.41, 5.74) is 0.268. The van der Waals surface area contributed by atoms with Crippen molar-refractivity contribution in [1.29, 1.82) is 0 Å². The summed E-state index contributed by atoms with van der Waals surface area (Å²) in [5.74, 6) is 0.329. The van der Waals surface area contributed by atoms with Crippen LogP contribution in [0.1, 0.15) is 11.5 Å². The molecule has 0 saturated carbocycles. The molecule has 0 fully saturated rings. The van der Waals surface area contributed by atoms with Crippen molar-refractivity contribution in [3.05, 3.63) is 25.4 Å². The third-order valence-electron chi connectivity index (χ3n) is 1.83. The van der Waals surface area contributed by atoms with E-state index in [0.717, 1.165) is 0 Å². The fraction of sp³-hybridized carbons (Fsp3) is 0.556.